The van der Waals surface area contributed by atoms with Crippen molar-refractivity contribution >= 4 is 13.3 Å². The largest absolute Gasteiger partial charge is 0.385 e. The van der Waals surface area contributed by atoms with Crippen LogP contribution in [-0.4, -0.2) is 13.0 Å². The standard InChI is InChI=1S/C12H14BFO/c13-9-5-4-6-10(14)11(9)12(15)7-2-1-3-8-12/h4-6,15H,1-3,7-8H2. The van der Waals surface area contributed by atoms with Crippen LogP contribution < -0.4 is 5.46 Å². The van der Waals surface area contributed by atoms with Crippen LogP contribution in [0.2, 0.25) is 0 Å². The maximum atomic E-state index is 13.6. The molecule has 78 valence electrons. The fraction of sp³-hybridized carbons (Fsp3) is 0.500. The van der Waals surface area contributed by atoms with Crippen molar-refractivity contribution in [2.24, 2.45) is 0 Å². The van der Waals surface area contributed by atoms with E-state index in [-0.39, 0.29) is 5.82 Å². The van der Waals surface area contributed by atoms with Gasteiger partial charge < -0.3 is 5.11 Å². The molecule has 0 heterocycles. The second-order valence-corrected chi connectivity index (χ2v) is 4.30. The zero-order chi connectivity index (χ0) is 10.9. The molecule has 3 heteroatoms. The van der Waals surface area contributed by atoms with Gasteiger partial charge in [-0.3, -0.25) is 0 Å². The van der Waals surface area contributed by atoms with Crippen LogP contribution in [-0.2, 0) is 5.60 Å². The third kappa shape index (κ3) is 1.93. The molecule has 1 aromatic rings. The van der Waals surface area contributed by atoms with Crippen LogP contribution in [0.4, 0.5) is 4.39 Å². The number of aliphatic hydroxyl groups is 1. The van der Waals surface area contributed by atoms with E-state index >= 15 is 0 Å². The summed E-state index contributed by atoms with van der Waals surface area (Å²) >= 11 is 0. The van der Waals surface area contributed by atoms with Gasteiger partial charge >= 0.3 is 0 Å². The minimum atomic E-state index is -1.05. The Labute approximate surface area is 90.7 Å². The van der Waals surface area contributed by atoms with Gasteiger partial charge in [-0.1, -0.05) is 36.9 Å². The molecule has 1 aromatic carbocycles. The first-order valence-electron chi connectivity index (χ1n) is 5.40. The average molecular weight is 204 g/mol. The highest BCUT2D eigenvalue weighted by molar-refractivity contribution is 6.33. The highest BCUT2D eigenvalue weighted by Crippen LogP contribution is 2.36. The topological polar surface area (TPSA) is 20.2 Å². The lowest BCUT2D eigenvalue weighted by Gasteiger charge is -2.34. The predicted octanol–water partition coefficient (Wildman–Crippen LogP) is 1.77. The SMILES string of the molecule is [B]c1cccc(F)c1C1(O)CCCCC1. The molecule has 1 aliphatic carbocycles. The molecule has 1 saturated carbocycles. The number of hydrogen-bond acceptors (Lipinski definition) is 1. The molecule has 0 aromatic heterocycles. The van der Waals surface area contributed by atoms with Crippen LogP contribution in [0.25, 0.3) is 0 Å². The van der Waals surface area contributed by atoms with Crippen LogP contribution in [0.5, 0.6) is 0 Å². The second kappa shape index (κ2) is 3.97. The van der Waals surface area contributed by atoms with Gasteiger partial charge in [-0.15, -0.1) is 0 Å². The molecular formula is C12H14BFO. The van der Waals surface area contributed by atoms with Gasteiger partial charge in [0.15, 0.2) is 0 Å². The first-order chi connectivity index (χ1) is 7.13. The van der Waals surface area contributed by atoms with Gasteiger partial charge in [0.25, 0.3) is 0 Å². The van der Waals surface area contributed by atoms with Gasteiger partial charge in [0.05, 0.1) is 5.60 Å². The smallest absolute Gasteiger partial charge is 0.128 e. The minimum Gasteiger partial charge on any atom is -0.385 e. The molecule has 1 aliphatic rings. The number of hydrogen-bond donors (Lipinski definition) is 1. The monoisotopic (exact) mass is 204 g/mol. The molecule has 1 N–H and O–H groups in total. The summed E-state index contributed by atoms with van der Waals surface area (Å²) < 4.78 is 13.6. The molecule has 0 saturated heterocycles. The molecule has 2 radical (unpaired) electrons. The van der Waals surface area contributed by atoms with Crippen molar-refractivity contribution in [3.8, 4) is 0 Å². The van der Waals surface area contributed by atoms with Crippen molar-refractivity contribution < 1.29 is 9.50 Å². The van der Waals surface area contributed by atoms with E-state index in [0.29, 0.717) is 23.9 Å². The van der Waals surface area contributed by atoms with Crippen molar-refractivity contribution in [1.82, 2.24) is 0 Å². The Bertz CT molecular complexity index is 338. The van der Waals surface area contributed by atoms with Gasteiger partial charge in [0, 0.05) is 5.56 Å². The van der Waals surface area contributed by atoms with E-state index in [1.54, 1.807) is 12.1 Å². The third-order valence-electron chi connectivity index (χ3n) is 3.19. The van der Waals surface area contributed by atoms with Crippen LogP contribution in [0.3, 0.4) is 0 Å². The van der Waals surface area contributed by atoms with E-state index in [2.05, 4.69) is 0 Å². The second-order valence-electron chi connectivity index (χ2n) is 4.30. The lowest BCUT2D eigenvalue weighted by molar-refractivity contribution is -0.00272. The Kier molecular flexibility index (Phi) is 2.83. The molecule has 1 fully saturated rings. The molecular weight excluding hydrogens is 190 g/mol. The highest BCUT2D eigenvalue weighted by Gasteiger charge is 2.34. The quantitative estimate of drug-likeness (QED) is 0.691. The normalized spacial score (nSPS) is 20.1. The van der Waals surface area contributed by atoms with Gasteiger partial charge in [0.2, 0.25) is 0 Å². The molecule has 0 aliphatic heterocycles. The Morgan fingerprint density at radius 2 is 1.87 bits per heavy atom. The average Bonchev–Trinajstić information content (AvgIpc) is 2.18. The van der Waals surface area contributed by atoms with E-state index in [9.17, 15) is 9.50 Å². The summed E-state index contributed by atoms with van der Waals surface area (Å²) in [5, 5.41) is 10.4. The zero-order valence-electron chi connectivity index (χ0n) is 8.67. The summed E-state index contributed by atoms with van der Waals surface area (Å²) in [7, 11) is 5.74. The highest BCUT2D eigenvalue weighted by atomic mass is 19.1. The van der Waals surface area contributed by atoms with Crippen LogP contribution in [0.15, 0.2) is 18.2 Å². The van der Waals surface area contributed by atoms with Crippen molar-refractivity contribution in [2.45, 2.75) is 37.7 Å². The minimum absolute atomic E-state index is 0.296. The summed E-state index contributed by atoms with van der Waals surface area (Å²) in [6, 6.07) is 4.57. The molecule has 1 nitrogen and oxygen atoms in total. The van der Waals surface area contributed by atoms with E-state index in [0.717, 1.165) is 19.3 Å². The van der Waals surface area contributed by atoms with Crippen LogP contribution in [0, 0.1) is 5.82 Å². The summed E-state index contributed by atoms with van der Waals surface area (Å²) in [6.45, 7) is 0. The van der Waals surface area contributed by atoms with E-state index in [4.69, 9.17) is 7.85 Å². The first-order valence-corrected chi connectivity index (χ1v) is 5.40. The maximum absolute atomic E-state index is 13.6. The molecule has 0 unspecified atom stereocenters. The van der Waals surface area contributed by atoms with Crippen molar-refractivity contribution in [3.05, 3.63) is 29.6 Å². The van der Waals surface area contributed by atoms with Gasteiger partial charge in [0.1, 0.15) is 13.7 Å². The fourth-order valence-electron chi connectivity index (χ4n) is 2.42. The number of rotatable bonds is 1. The molecule has 0 atom stereocenters. The molecule has 15 heavy (non-hydrogen) atoms. The first kappa shape index (κ1) is 10.7. The van der Waals surface area contributed by atoms with Crippen molar-refractivity contribution in [2.75, 3.05) is 0 Å². The molecule has 0 spiro atoms. The van der Waals surface area contributed by atoms with Gasteiger partial charge in [-0.2, -0.15) is 0 Å². The maximum Gasteiger partial charge on any atom is 0.128 e. The lowest BCUT2D eigenvalue weighted by atomic mass is 9.74. The molecule has 0 amide bonds. The van der Waals surface area contributed by atoms with E-state index in [1.807, 2.05) is 0 Å². The summed E-state index contributed by atoms with van der Waals surface area (Å²) in [6.07, 6.45) is 4.20. The number of benzene rings is 1. The van der Waals surface area contributed by atoms with E-state index in [1.165, 1.54) is 6.07 Å². The summed E-state index contributed by atoms with van der Waals surface area (Å²) in [5.74, 6) is -0.389. The fourth-order valence-corrected chi connectivity index (χ4v) is 2.42. The van der Waals surface area contributed by atoms with Crippen molar-refractivity contribution in [1.29, 1.82) is 0 Å². The Balaban J connectivity index is 2.42. The Morgan fingerprint density at radius 3 is 2.47 bits per heavy atom. The predicted molar refractivity (Wildman–Crippen MR) is 58.8 cm³/mol. The van der Waals surface area contributed by atoms with Crippen LogP contribution >= 0.6 is 0 Å². The summed E-state index contributed by atoms with van der Waals surface area (Å²) in [4.78, 5) is 0. The van der Waals surface area contributed by atoms with Gasteiger partial charge in [-0.05, 0) is 18.9 Å². The molecule has 2 rings (SSSR count). The van der Waals surface area contributed by atoms with Crippen LogP contribution in [0.1, 0.15) is 37.7 Å². The van der Waals surface area contributed by atoms with Crippen molar-refractivity contribution in [3.63, 3.8) is 0 Å². The lowest BCUT2D eigenvalue weighted by Crippen LogP contribution is -2.35. The third-order valence-corrected chi connectivity index (χ3v) is 3.19. The van der Waals surface area contributed by atoms with E-state index < -0.39 is 5.60 Å². The Morgan fingerprint density at radius 1 is 1.20 bits per heavy atom. The van der Waals surface area contributed by atoms with Gasteiger partial charge in [-0.25, -0.2) is 4.39 Å². The number of halogens is 1. The zero-order valence-corrected chi connectivity index (χ0v) is 8.67. The molecule has 0 bridgehead atoms. The summed E-state index contributed by atoms with van der Waals surface area (Å²) in [5.41, 5.74) is -0.391. The Hall–Kier alpha value is -0.825.